The molecule has 1 amide bonds. The normalized spacial score (nSPS) is 11.4. The summed E-state index contributed by atoms with van der Waals surface area (Å²) in [5.74, 6) is 0. The minimum absolute atomic E-state index is 0.00367. The van der Waals surface area contributed by atoms with Crippen molar-refractivity contribution in [3.63, 3.8) is 0 Å². The minimum Gasteiger partial charge on any atom is -0.445 e. The summed E-state index contributed by atoms with van der Waals surface area (Å²) in [7, 11) is 0. The van der Waals surface area contributed by atoms with E-state index in [1.165, 1.54) is 11.0 Å². The monoisotopic (exact) mass is 494 g/mol. The summed E-state index contributed by atoms with van der Waals surface area (Å²) >= 11 is 11.9. The first-order valence-electron chi connectivity index (χ1n) is 10.1. The van der Waals surface area contributed by atoms with Crippen LogP contribution in [0.15, 0.2) is 60.7 Å². The van der Waals surface area contributed by atoms with Gasteiger partial charge in [-0.2, -0.15) is 13.2 Å². The highest BCUT2D eigenvalue weighted by molar-refractivity contribution is 6.32. The molecule has 0 saturated heterocycles. The summed E-state index contributed by atoms with van der Waals surface area (Å²) in [6.07, 6.45) is -5.35. The molecule has 0 spiro atoms. The molecule has 0 atom stereocenters. The number of ether oxygens (including phenoxy) is 1. The zero-order valence-electron chi connectivity index (χ0n) is 17.8. The highest BCUT2D eigenvalue weighted by atomic mass is 35.5. The van der Waals surface area contributed by atoms with Gasteiger partial charge >= 0.3 is 12.3 Å². The SMILES string of the molecule is [CH2]c1c(CN(CC)C(=O)OCc2ccc(Cl)cc2)c(-c2ccccc2)cc(Cl)c1C(F)(F)F. The molecule has 0 aliphatic rings. The van der Waals surface area contributed by atoms with Crippen LogP contribution in [0.2, 0.25) is 10.0 Å². The minimum atomic E-state index is -4.69. The smallest absolute Gasteiger partial charge is 0.418 e. The van der Waals surface area contributed by atoms with Crippen LogP contribution in [-0.2, 0) is 24.1 Å². The molecule has 3 rings (SSSR count). The number of carbonyl (C=O) groups is 1. The molecule has 3 aromatic rings. The lowest BCUT2D eigenvalue weighted by Crippen LogP contribution is -2.31. The van der Waals surface area contributed by atoms with E-state index in [9.17, 15) is 18.0 Å². The van der Waals surface area contributed by atoms with Crippen molar-refractivity contribution < 1.29 is 22.7 Å². The Morgan fingerprint density at radius 1 is 1.06 bits per heavy atom. The average molecular weight is 495 g/mol. The number of rotatable bonds is 6. The molecule has 0 fully saturated rings. The lowest BCUT2D eigenvalue weighted by molar-refractivity contribution is -0.137. The largest absolute Gasteiger partial charge is 0.445 e. The number of hydrogen-bond donors (Lipinski definition) is 0. The average Bonchev–Trinajstić information content (AvgIpc) is 2.77. The van der Waals surface area contributed by atoms with Gasteiger partial charge in [-0.3, -0.25) is 0 Å². The molecular weight excluding hydrogens is 474 g/mol. The first-order chi connectivity index (χ1) is 15.6. The van der Waals surface area contributed by atoms with Gasteiger partial charge in [0.25, 0.3) is 0 Å². The summed E-state index contributed by atoms with van der Waals surface area (Å²) in [6, 6.07) is 16.9. The maximum atomic E-state index is 13.7. The van der Waals surface area contributed by atoms with E-state index in [1.807, 2.05) is 0 Å². The molecule has 1 radical (unpaired) electrons. The molecule has 3 aromatic carbocycles. The number of benzene rings is 3. The van der Waals surface area contributed by atoms with Crippen molar-refractivity contribution in [1.29, 1.82) is 0 Å². The van der Waals surface area contributed by atoms with Crippen LogP contribution < -0.4 is 0 Å². The van der Waals surface area contributed by atoms with Gasteiger partial charge in [0.2, 0.25) is 0 Å². The van der Waals surface area contributed by atoms with E-state index in [0.717, 1.165) is 5.56 Å². The van der Waals surface area contributed by atoms with Crippen LogP contribution in [0, 0.1) is 6.92 Å². The topological polar surface area (TPSA) is 29.5 Å². The van der Waals surface area contributed by atoms with Gasteiger partial charge in [0, 0.05) is 18.1 Å². The van der Waals surface area contributed by atoms with Crippen LogP contribution in [0.4, 0.5) is 18.0 Å². The number of nitrogens with zero attached hydrogens (tertiary/aromatic N) is 1. The van der Waals surface area contributed by atoms with Crippen LogP contribution in [0.1, 0.15) is 29.2 Å². The third-order valence-electron chi connectivity index (χ3n) is 5.13. The Hall–Kier alpha value is -2.70. The van der Waals surface area contributed by atoms with Crippen LogP contribution in [-0.4, -0.2) is 17.5 Å². The van der Waals surface area contributed by atoms with Gasteiger partial charge in [0.1, 0.15) is 6.61 Å². The summed E-state index contributed by atoms with van der Waals surface area (Å²) in [5, 5.41) is 0.114. The Labute approximate surface area is 200 Å². The van der Waals surface area contributed by atoms with Gasteiger partial charge in [-0.05, 0) is 59.9 Å². The van der Waals surface area contributed by atoms with Crippen LogP contribution >= 0.6 is 23.2 Å². The predicted molar refractivity (Wildman–Crippen MR) is 124 cm³/mol. The van der Waals surface area contributed by atoms with E-state index in [2.05, 4.69) is 6.92 Å². The molecule has 0 aliphatic heterocycles. The Morgan fingerprint density at radius 3 is 2.27 bits per heavy atom. The second-order valence-corrected chi connectivity index (χ2v) is 8.14. The summed E-state index contributed by atoms with van der Waals surface area (Å²) in [5.41, 5.74) is 0.851. The summed E-state index contributed by atoms with van der Waals surface area (Å²) in [4.78, 5) is 14.1. The molecule has 0 unspecified atom stereocenters. The zero-order chi connectivity index (χ0) is 24.2. The maximum absolute atomic E-state index is 13.7. The van der Waals surface area contributed by atoms with Crippen molar-refractivity contribution in [3.05, 3.63) is 99.9 Å². The van der Waals surface area contributed by atoms with E-state index in [4.69, 9.17) is 27.9 Å². The highest BCUT2D eigenvalue weighted by Gasteiger charge is 2.37. The Balaban J connectivity index is 1.95. The third kappa shape index (κ3) is 6.01. The molecule has 8 heteroatoms. The molecule has 0 aliphatic carbocycles. The molecule has 0 heterocycles. The van der Waals surface area contributed by atoms with Crippen molar-refractivity contribution in [2.24, 2.45) is 0 Å². The fourth-order valence-corrected chi connectivity index (χ4v) is 3.88. The summed E-state index contributed by atoms with van der Waals surface area (Å²) in [6.45, 7) is 5.50. The lowest BCUT2D eigenvalue weighted by Gasteiger charge is -2.25. The van der Waals surface area contributed by atoms with Gasteiger partial charge in [-0.15, -0.1) is 0 Å². The fraction of sp³-hybridized carbons (Fsp3) is 0.200. The van der Waals surface area contributed by atoms with Gasteiger partial charge < -0.3 is 9.64 Å². The highest BCUT2D eigenvalue weighted by Crippen LogP contribution is 2.42. The van der Waals surface area contributed by atoms with Gasteiger partial charge in [-0.25, -0.2) is 4.79 Å². The number of carbonyl (C=O) groups excluding carboxylic acids is 1. The molecule has 0 saturated carbocycles. The van der Waals surface area contributed by atoms with Crippen molar-refractivity contribution in [2.75, 3.05) is 6.54 Å². The first kappa shape index (κ1) is 24.9. The van der Waals surface area contributed by atoms with Crippen molar-refractivity contribution in [1.82, 2.24) is 4.90 Å². The summed E-state index contributed by atoms with van der Waals surface area (Å²) < 4.78 is 46.5. The quantitative estimate of drug-likeness (QED) is 0.347. The molecule has 3 nitrogen and oxygen atoms in total. The molecule has 0 aromatic heterocycles. The second kappa shape index (κ2) is 10.5. The van der Waals surface area contributed by atoms with E-state index >= 15 is 0 Å². The number of amides is 1. The molecule has 0 N–H and O–H groups in total. The number of halogens is 5. The van der Waals surface area contributed by atoms with E-state index in [0.29, 0.717) is 16.1 Å². The second-order valence-electron chi connectivity index (χ2n) is 7.30. The van der Waals surface area contributed by atoms with Crippen molar-refractivity contribution >= 4 is 29.3 Å². The number of hydrogen-bond acceptors (Lipinski definition) is 2. The number of alkyl halides is 3. The van der Waals surface area contributed by atoms with Gasteiger partial charge in [0.15, 0.2) is 0 Å². The first-order valence-corrected chi connectivity index (χ1v) is 10.8. The van der Waals surface area contributed by atoms with Crippen molar-refractivity contribution in [3.8, 4) is 11.1 Å². The van der Waals surface area contributed by atoms with Crippen LogP contribution in [0.25, 0.3) is 11.1 Å². The third-order valence-corrected chi connectivity index (χ3v) is 5.68. The van der Waals surface area contributed by atoms with E-state index in [-0.39, 0.29) is 30.8 Å². The van der Waals surface area contributed by atoms with Crippen molar-refractivity contribution in [2.45, 2.75) is 26.3 Å². The molecular formula is C25H21Cl2F3NO2. The van der Waals surface area contributed by atoms with Gasteiger partial charge in [-0.1, -0.05) is 65.7 Å². The zero-order valence-corrected chi connectivity index (χ0v) is 19.3. The molecule has 0 bridgehead atoms. The molecule has 33 heavy (non-hydrogen) atoms. The Bertz CT molecular complexity index is 1120. The van der Waals surface area contributed by atoms with Crippen LogP contribution in [0.3, 0.4) is 0 Å². The van der Waals surface area contributed by atoms with Crippen LogP contribution in [0.5, 0.6) is 0 Å². The van der Waals surface area contributed by atoms with Gasteiger partial charge in [0.05, 0.1) is 10.6 Å². The lowest BCUT2D eigenvalue weighted by atomic mass is 9.92. The van der Waals surface area contributed by atoms with E-state index in [1.54, 1.807) is 61.5 Å². The predicted octanol–water partition coefficient (Wildman–Crippen LogP) is 8.02. The van der Waals surface area contributed by atoms with E-state index < -0.39 is 22.9 Å². The fourth-order valence-electron chi connectivity index (χ4n) is 3.42. The Kier molecular flexibility index (Phi) is 7.92. The standard InChI is InChI=1S/C25H21Cl2F3NO2/c1-3-31(24(32)33-15-17-9-11-19(26)12-10-17)14-21-16(2)23(25(28,29)30)22(27)13-20(21)18-7-5-4-6-8-18/h4-13H,2-3,14-15H2,1H3. The maximum Gasteiger partial charge on any atom is 0.418 e. The Morgan fingerprint density at radius 2 is 1.70 bits per heavy atom. The molecule has 173 valence electrons.